The van der Waals surface area contributed by atoms with Crippen molar-refractivity contribution in [3.8, 4) is 0 Å². The molecule has 0 aliphatic heterocycles. The van der Waals surface area contributed by atoms with Crippen molar-refractivity contribution < 1.29 is 9.53 Å². The van der Waals surface area contributed by atoms with Crippen molar-refractivity contribution in [1.82, 2.24) is 4.90 Å². The zero-order chi connectivity index (χ0) is 20.7. The van der Waals surface area contributed by atoms with Crippen LogP contribution >= 0.6 is 0 Å². The predicted molar refractivity (Wildman–Crippen MR) is 123 cm³/mol. The topological polar surface area (TPSA) is 29.5 Å². The lowest BCUT2D eigenvalue weighted by molar-refractivity contribution is -0.137. The zero-order valence-electron chi connectivity index (χ0n) is 19.2. The van der Waals surface area contributed by atoms with Crippen molar-refractivity contribution in [1.29, 1.82) is 0 Å². The Morgan fingerprint density at radius 1 is 0.643 bits per heavy atom. The first-order valence-corrected chi connectivity index (χ1v) is 12.1. The number of carbonyl (C=O) groups excluding carboxylic acids is 1. The summed E-state index contributed by atoms with van der Waals surface area (Å²) in [7, 11) is 4.33. The first kappa shape index (κ1) is 27.2. The minimum absolute atomic E-state index is 0.300. The molecule has 0 rings (SSSR count). The van der Waals surface area contributed by atoms with Crippen molar-refractivity contribution in [3.63, 3.8) is 0 Å². The molecule has 0 heterocycles. The Labute approximate surface area is 176 Å². The largest absolute Gasteiger partial charge is 0.463 e. The van der Waals surface area contributed by atoms with Crippen molar-refractivity contribution >= 4 is 5.97 Å². The maximum Gasteiger partial charge on any atom is 0.330 e. The Kier molecular flexibility index (Phi) is 21.8. The molecule has 0 amide bonds. The maximum absolute atomic E-state index is 10.9. The summed E-state index contributed by atoms with van der Waals surface area (Å²) in [4.78, 5) is 13.2. The van der Waals surface area contributed by atoms with Gasteiger partial charge in [0.15, 0.2) is 0 Å². The van der Waals surface area contributed by atoms with Crippen LogP contribution in [-0.4, -0.2) is 38.1 Å². The van der Waals surface area contributed by atoms with E-state index in [4.69, 9.17) is 4.74 Å². The molecule has 0 aromatic rings. The van der Waals surface area contributed by atoms with E-state index < -0.39 is 0 Å². The summed E-state index contributed by atoms with van der Waals surface area (Å²) in [5.74, 6) is -0.300. The molecule has 0 radical (unpaired) electrons. The van der Waals surface area contributed by atoms with Crippen LogP contribution in [0.3, 0.4) is 0 Å². The van der Waals surface area contributed by atoms with Gasteiger partial charge in [0.05, 0.1) is 6.61 Å². The van der Waals surface area contributed by atoms with E-state index in [9.17, 15) is 4.79 Å². The number of unbranched alkanes of at least 4 members (excludes halogenated alkanes) is 17. The van der Waals surface area contributed by atoms with E-state index in [2.05, 4.69) is 25.6 Å². The molecule has 0 spiro atoms. The van der Waals surface area contributed by atoms with Gasteiger partial charge >= 0.3 is 5.97 Å². The van der Waals surface area contributed by atoms with Gasteiger partial charge in [-0.3, -0.25) is 0 Å². The van der Waals surface area contributed by atoms with Gasteiger partial charge in [0, 0.05) is 6.08 Å². The summed E-state index contributed by atoms with van der Waals surface area (Å²) in [5, 5.41) is 0. The highest BCUT2D eigenvalue weighted by molar-refractivity contribution is 5.81. The first-order valence-electron chi connectivity index (χ1n) is 12.1. The summed E-state index contributed by atoms with van der Waals surface area (Å²) in [6.45, 7) is 5.18. The van der Waals surface area contributed by atoms with Gasteiger partial charge in [-0.25, -0.2) is 4.79 Å². The molecule has 0 aromatic heterocycles. The molecule has 166 valence electrons. The van der Waals surface area contributed by atoms with Crippen LogP contribution < -0.4 is 0 Å². The molecule has 0 unspecified atom stereocenters. The highest BCUT2D eigenvalue weighted by Gasteiger charge is 1.97. The van der Waals surface area contributed by atoms with Crippen LogP contribution in [0.15, 0.2) is 12.7 Å². The second-order valence-electron chi connectivity index (χ2n) is 8.54. The smallest absolute Gasteiger partial charge is 0.330 e. The van der Waals surface area contributed by atoms with Crippen LogP contribution in [0.4, 0.5) is 0 Å². The minimum Gasteiger partial charge on any atom is -0.463 e. The van der Waals surface area contributed by atoms with E-state index in [1.165, 1.54) is 122 Å². The summed E-state index contributed by atoms with van der Waals surface area (Å²) >= 11 is 0. The molecule has 3 heteroatoms. The van der Waals surface area contributed by atoms with Gasteiger partial charge in [-0.05, 0) is 33.5 Å². The molecule has 0 fully saturated rings. The standard InChI is InChI=1S/C25H49NO2/c1-4-25(27)28-24-22-20-18-16-14-12-10-8-6-5-7-9-11-13-15-17-19-21-23-26(2)3/h4H,1,5-24H2,2-3H3. The number of rotatable bonds is 22. The van der Waals surface area contributed by atoms with Gasteiger partial charge in [-0.1, -0.05) is 109 Å². The third-order valence-corrected chi connectivity index (χ3v) is 5.41. The summed E-state index contributed by atoms with van der Waals surface area (Å²) in [6.07, 6.45) is 25.8. The molecule has 0 N–H and O–H groups in total. The molecule has 3 nitrogen and oxygen atoms in total. The van der Waals surface area contributed by atoms with Crippen molar-refractivity contribution in [3.05, 3.63) is 12.7 Å². The molecular formula is C25H49NO2. The number of nitrogens with zero attached hydrogens (tertiary/aromatic N) is 1. The highest BCUT2D eigenvalue weighted by atomic mass is 16.5. The Hall–Kier alpha value is -0.830. The summed E-state index contributed by atoms with van der Waals surface area (Å²) < 4.78 is 4.97. The van der Waals surface area contributed by atoms with Gasteiger partial charge in [0.1, 0.15) is 0 Å². The third-order valence-electron chi connectivity index (χ3n) is 5.41. The third kappa shape index (κ3) is 23.2. The summed E-state index contributed by atoms with van der Waals surface area (Å²) in [5.41, 5.74) is 0. The van der Waals surface area contributed by atoms with Gasteiger partial charge in [0.2, 0.25) is 0 Å². The Balaban J connectivity index is 3.03. The zero-order valence-corrected chi connectivity index (χ0v) is 19.2. The van der Waals surface area contributed by atoms with Crippen LogP contribution in [0.2, 0.25) is 0 Å². The monoisotopic (exact) mass is 395 g/mol. The molecule has 0 aromatic carbocycles. The van der Waals surface area contributed by atoms with Crippen LogP contribution in [0, 0.1) is 0 Å². The molecule has 0 saturated heterocycles. The van der Waals surface area contributed by atoms with E-state index in [0.717, 1.165) is 6.42 Å². The lowest BCUT2D eigenvalue weighted by Crippen LogP contribution is -2.12. The number of carbonyl (C=O) groups is 1. The van der Waals surface area contributed by atoms with Crippen molar-refractivity contribution in [2.45, 2.75) is 116 Å². The van der Waals surface area contributed by atoms with E-state index in [-0.39, 0.29) is 5.97 Å². The van der Waals surface area contributed by atoms with Crippen LogP contribution in [-0.2, 0) is 9.53 Å². The highest BCUT2D eigenvalue weighted by Crippen LogP contribution is 2.14. The molecule has 0 saturated carbocycles. The summed E-state index contributed by atoms with van der Waals surface area (Å²) in [6, 6.07) is 0. The van der Waals surface area contributed by atoms with Crippen molar-refractivity contribution in [2.24, 2.45) is 0 Å². The van der Waals surface area contributed by atoms with Gasteiger partial charge in [0.25, 0.3) is 0 Å². The maximum atomic E-state index is 10.9. The molecule has 0 aliphatic carbocycles. The average molecular weight is 396 g/mol. The SMILES string of the molecule is C=CC(=O)OCCCCCCCCCCCCCCCCCCCCN(C)C. The van der Waals surface area contributed by atoms with Crippen LogP contribution in [0.25, 0.3) is 0 Å². The van der Waals surface area contributed by atoms with Gasteiger partial charge < -0.3 is 9.64 Å². The lowest BCUT2D eigenvalue weighted by Gasteiger charge is -2.08. The fraction of sp³-hybridized carbons (Fsp3) is 0.880. The Morgan fingerprint density at radius 2 is 0.964 bits per heavy atom. The predicted octanol–water partition coefficient (Wildman–Crippen LogP) is 7.30. The average Bonchev–Trinajstić information content (AvgIpc) is 2.68. The van der Waals surface area contributed by atoms with E-state index in [0.29, 0.717) is 6.61 Å². The number of ether oxygens (including phenoxy) is 1. The quantitative estimate of drug-likeness (QED) is 0.109. The molecular weight excluding hydrogens is 346 g/mol. The Bertz CT molecular complexity index is 341. The number of hydrogen-bond acceptors (Lipinski definition) is 3. The second-order valence-corrected chi connectivity index (χ2v) is 8.54. The minimum atomic E-state index is -0.300. The number of hydrogen-bond donors (Lipinski definition) is 0. The second kappa shape index (κ2) is 22.5. The van der Waals surface area contributed by atoms with Crippen LogP contribution in [0.1, 0.15) is 116 Å². The molecule has 28 heavy (non-hydrogen) atoms. The van der Waals surface area contributed by atoms with E-state index in [1.807, 2.05) is 0 Å². The fourth-order valence-electron chi connectivity index (χ4n) is 3.59. The molecule has 0 atom stereocenters. The first-order chi connectivity index (χ1) is 13.7. The van der Waals surface area contributed by atoms with E-state index >= 15 is 0 Å². The van der Waals surface area contributed by atoms with Gasteiger partial charge in [-0.2, -0.15) is 0 Å². The van der Waals surface area contributed by atoms with Crippen molar-refractivity contribution in [2.75, 3.05) is 27.2 Å². The van der Waals surface area contributed by atoms with E-state index in [1.54, 1.807) is 0 Å². The van der Waals surface area contributed by atoms with Crippen LogP contribution in [0.5, 0.6) is 0 Å². The fourth-order valence-corrected chi connectivity index (χ4v) is 3.59. The molecule has 0 aliphatic rings. The molecule has 0 bridgehead atoms. The lowest BCUT2D eigenvalue weighted by atomic mass is 10.0. The normalized spacial score (nSPS) is 11.1. The number of esters is 1. The Morgan fingerprint density at radius 3 is 1.29 bits per heavy atom. The van der Waals surface area contributed by atoms with Gasteiger partial charge in [-0.15, -0.1) is 0 Å².